The molecular formula is C5H7Cl2Cr. The molecule has 0 fully saturated rings. The molecule has 0 aliphatic heterocycles. The molecule has 0 unspecified atom stereocenters. The fourth-order valence-electron chi connectivity index (χ4n) is 0.428. The van der Waals surface area contributed by atoms with E-state index >= 15 is 0 Å². The number of hydrogen-bond donors (Lipinski definition) is 0. The first-order valence-electron chi connectivity index (χ1n) is 1.92. The van der Waals surface area contributed by atoms with Gasteiger partial charge in [0.2, 0.25) is 0 Å². The molecule has 3 heteroatoms. The van der Waals surface area contributed by atoms with Crippen molar-refractivity contribution in [3.05, 3.63) is 22.7 Å². The minimum absolute atomic E-state index is 0. The summed E-state index contributed by atoms with van der Waals surface area (Å²) in [5.74, 6) is 0. The molecule has 0 saturated heterocycles. The maximum atomic E-state index is 2.94. The first-order valence-corrected chi connectivity index (χ1v) is 2.56. The standard InChI is InChI=1S/C5H5.2ClH.Cr/c1-2-4-5-3-1;;;/h1-3H,4H2;2*1H;. The Hall–Kier alpha value is 0.592. The van der Waals surface area contributed by atoms with Crippen LogP contribution in [0.15, 0.2) is 22.7 Å². The van der Waals surface area contributed by atoms with Gasteiger partial charge >= 0.3 is 45.4 Å². The number of allylic oxidation sites excluding steroid dienone is 4. The molecule has 0 nitrogen and oxygen atoms in total. The summed E-state index contributed by atoms with van der Waals surface area (Å²) in [7, 11) is 0. The Morgan fingerprint density at radius 1 is 1.38 bits per heavy atom. The second-order valence-corrected chi connectivity index (χ2v) is 2.08. The molecule has 0 spiro atoms. The van der Waals surface area contributed by atoms with E-state index in [0.29, 0.717) is 0 Å². The van der Waals surface area contributed by atoms with Crippen molar-refractivity contribution in [1.29, 1.82) is 0 Å². The topological polar surface area (TPSA) is 0 Å². The van der Waals surface area contributed by atoms with Crippen molar-refractivity contribution in [1.82, 2.24) is 0 Å². The van der Waals surface area contributed by atoms with Gasteiger partial charge in [0.05, 0.1) is 0 Å². The van der Waals surface area contributed by atoms with Crippen molar-refractivity contribution < 1.29 is 16.3 Å². The van der Waals surface area contributed by atoms with Crippen molar-refractivity contribution in [3.63, 3.8) is 0 Å². The van der Waals surface area contributed by atoms with Gasteiger partial charge in [-0.3, -0.25) is 0 Å². The molecule has 8 heavy (non-hydrogen) atoms. The Kier molecular flexibility index (Phi) is 8.15. The van der Waals surface area contributed by atoms with Crippen LogP contribution < -0.4 is 0 Å². The van der Waals surface area contributed by atoms with Crippen LogP contribution in [0, 0.1) is 0 Å². The van der Waals surface area contributed by atoms with Gasteiger partial charge in [-0.1, -0.05) is 0 Å². The summed E-state index contributed by atoms with van der Waals surface area (Å²) in [5, 5.41) is 0. The maximum absolute atomic E-state index is 2.94. The quantitative estimate of drug-likeness (QED) is 0.549. The third-order valence-corrected chi connectivity index (χ3v) is 1.21. The molecule has 0 atom stereocenters. The van der Waals surface area contributed by atoms with Crippen molar-refractivity contribution in [2.45, 2.75) is 6.42 Å². The van der Waals surface area contributed by atoms with Crippen LogP contribution >= 0.6 is 24.8 Å². The van der Waals surface area contributed by atoms with E-state index in [4.69, 9.17) is 0 Å². The van der Waals surface area contributed by atoms with Crippen LogP contribution in [0.2, 0.25) is 0 Å². The second kappa shape index (κ2) is 5.72. The van der Waals surface area contributed by atoms with Gasteiger partial charge in [-0.15, -0.1) is 24.8 Å². The summed E-state index contributed by atoms with van der Waals surface area (Å²) in [6, 6.07) is 0. The van der Waals surface area contributed by atoms with Crippen LogP contribution in [-0.4, -0.2) is 0 Å². The van der Waals surface area contributed by atoms with Crippen LogP contribution in [0.1, 0.15) is 6.42 Å². The predicted octanol–water partition coefficient (Wildman–Crippen LogP) is 2.22. The van der Waals surface area contributed by atoms with Crippen LogP contribution in [-0.2, 0) is 16.3 Å². The van der Waals surface area contributed by atoms with E-state index in [-0.39, 0.29) is 24.8 Å². The van der Waals surface area contributed by atoms with Crippen molar-refractivity contribution in [2.24, 2.45) is 0 Å². The van der Waals surface area contributed by atoms with Gasteiger partial charge in [0.15, 0.2) is 0 Å². The Morgan fingerprint density at radius 2 is 2.00 bits per heavy atom. The molecule has 1 rings (SSSR count). The number of halogens is 2. The average Bonchev–Trinajstić information content (AvgIpc) is 1.86. The molecule has 0 saturated carbocycles. The van der Waals surface area contributed by atoms with Crippen LogP contribution in [0.4, 0.5) is 0 Å². The molecule has 0 aromatic heterocycles. The minimum atomic E-state index is 0. The SMILES string of the molecule is Cl.Cl.[Cr][C]1=CC=CC1. The summed E-state index contributed by atoms with van der Waals surface area (Å²) in [5.41, 5.74) is 0. The zero-order chi connectivity index (χ0) is 4.41. The van der Waals surface area contributed by atoms with Gasteiger partial charge in [0.25, 0.3) is 0 Å². The van der Waals surface area contributed by atoms with E-state index in [0.717, 1.165) is 6.42 Å². The summed E-state index contributed by atoms with van der Waals surface area (Å²) in [6.45, 7) is 0. The van der Waals surface area contributed by atoms with Gasteiger partial charge in [-0.25, -0.2) is 0 Å². The Morgan fingerprint density at radius 3 is 2.12 bits per heavy atom. The molecule has 47 valence electrons. The molecular weight excluding hydrogens is 183 g/mol. The fraction of sp³-hybridized carbons (Fsp3) is 0.200. The van der Waals surface area contributed by atoms with Gasteiger partial charge < -0.3 is 0 Å². The van der Waals surface area contributed by atoms with Gasteiger partial charge in [0.1, 0.15) is 0 Å². The normalized spacial score (nSPS) is 13.8. The molecule has 0 aromatic rings. The van der Waals surface area contributed by atoms with Crippen LogP contribution in [0.25, 0.3) is 0 Å². The monoisotopic (exact) mass is 189 g/mol. The van der Waals surface area contributed by atoms with E-state index in [1.165, 1.54) is 4.44 Å². The molecule has 1 aliphatic rings. The van der Waals surface area contributed by atoms with Gasteiger partial charge in [0, 0.05) is 0 Å². The summed E-state index contributed by atoms with van der Waals surface area (Å²) >= 11 is 2.94. The molecule has 0 N–H and O–H groups in total. The third kappa shape index (κ3) is 3.58. The number of rotatable bonds is 0. The summed E-state index contributed by atoms with van der Waals surface area (Å²) < 4.78 is 1.34. The predicted molar refractivity (Wildman–Crippen MR) is 36.3 cm³/mol. The van der Waals surface area contributed by atoms with Crippen molar-refractivity contribution in [3.8, 4) is 0 Å². The fourth-order valence-corrected chi connectivity index (χ4v) is 0.701. The molecule has 0 heterocycles. The summed E-state index contributed by atoms with van der Waals surface area (Å²) in [6.07, 6.45) is 7.39. The summed E-state index contributed by atoms with van der Waals surface area (Å²) in [4.78, 5) is 0. The van der Waals surface area contributed by atoms with E-state index in [1.807, 2.05) is 0 Å². The first-order chi connectivity index (χ1) is 2.89. The van der Waals surface area contributed by atoms with E-state index in [2.05, 4.69) is 34.5 Å². The van der Waals surface area contributed by atoms with Crippen LogP contribution in [0.5, 0.6) is 0 Å². The Labute approximate surface area is 70.3 Å². The average molecular weight is 190 g/mol. The Balaban J connectivity index is 0. The molecule has 1 aliphatic carbocycles. The molecule has 0 bridgehead atoms. The molecule has 0 radical (unpaired) electrons. The van der Waals surface area contributed by atoms with Crippen LogP contribution in [0.3, 0.4) is 0 Å². The first kappa shape index (κ1) is 11.4. The number of hydrogen-bond acceptors (Lipinski definition) is 0. The second-order valence-electron chi connectivity index (χ2n) is 1.27. The third-order valence-electron chi connectivity index (χ3n) is 0.737. The molecule has 0 amide bonds. The van der Waals surface area contributed by atoms with Gasteiger partial charge in [-0.05, 0) is 0 Å². The van der Waals surface area contributed by atoms with E-state index in [1.54, 1.807) is 0 Å². The zero-order valence-corrected chi connectivity index (χ0v) is 7.07. The van der Waals surface area contributed by atoms with Crippen molar-refractivity contribution in [2.75, 3.05) is 0 Å². The van der Waals surface area contributed by atoms with E-state index in [9.17, 15) is 0 Å². The van der Waals surface area contributed by atoms with E-state index < -0.39 is 0 Å². The van der Waals surface area contributed by atoms with Gasteiger partial charge in [-0.2, -0.15) is 0 Å². The zero-order valence-electron chi connectivity index (χ0n) is 4.16. The Bertz CT molecular complexity index is 107. The molecule has 0 aromatic carbocycles. The van der Waals surface area contributed by atoms with Crippen molar-refractivity contribution >= 4 is 24.8 Å².